The van der Waals surface area contributed by atoms with Crippen LogP contribution < -0.4 is 5.32 Å². The lowest BCUT2D eigenvalue weighted by molar-refractivity contribution is 1.01. The Morgan fingerprint density at radius 2 is 1.90 bits per heavy atom. The highest BCUT2D eigenvalue weighted by Crippen LogP contribution is 2.29. The maximum atomic E-state index is 4.63. The van der Waals surface area contributed by atoms with E-state index in [4.69, 9.17) is 0 Å². The lowest BCUT2D eigenvalue weighted by Gasteiger charge is -2.11. The number of rotatable bonds is 3. The molecule has 0 unspecified atom stereocenters. The molecule has 2 aromatic carbocycles. The lowest BCUT2D eigenvalue weighted by atomic mass is 10.1. The molecule has 1 heterocycles. The zero-order chi connectivity index (χ0) is 13.5. The maximum Gasteiger partial charge on any atom is 0.207 e. The molecular formula is C17H17N3. The second-order valence-corrected chi connectivity index (χ2v) is 5.49. The van der Waals surface area contributed by atoms with Crippen LogP contribution in [0.15, 0.2) is 48.7 Å². The smallest absolute Gasteiger partial charge is 0.207 e. The summed E-state index contributed by atoms with van der Waals surface area (Å²) in [5.74, 6) is 0.960. The number of aromatic nitrogens is 2. The van der Waals surface area contributed by atoms with Gasteiger partial charge in [0.25, 0.3) is 0 Å². The van der Waals surface area contributed by atoms with Crippen LogP contribution in [0.4, 0.5) is 5.95 Å². The average molecular weight is 263 g/mol. The largest absolute Gasteiger partial charge is 0.353 e. The Bertz CT molecular complexity index is 764. The van der Waals surface area contributed by atoms with Crippen LogP contribution in [0.25, 0.3) is 16.5 Å². The molecule has 3 aromatic rings. The van der Waals surface area contributed by atoms with Gasteiger partial charge in [-0.2, -0.15) is 0 Å². The molecule has 1 saturated carbocycles. The van der Waals surface area contributed by atoms with Crippen LogP contribution in [0.3, 0.4) is 0 Å². The molecule has 0 saturated heterocycles. The summed E-state index contributed by atoms with van der Waals surface area (Å²) in [4.78, 5) is 4.63. The first kappa shape index (κ1) is 11.5. The van der Waals surface area contributed by atoms with Crippen LogP contribution in [0.1, 0.15) is 18.5 Å². The molecule has 100 valence electrons. The summed E-state index contributed by atoms with van der Waals surface area (Å²) < 4.78 is 2.18. The molecule has 1 aromatic heterocycles. The Morgan fingerprint density at radius 3 is 2.75 bits per heavy atom. The Balaban J connectivity index is 1.90. The summed E-state index contributed by atoms with van der Waals surface area (Å²) in [6, 6.07) is 15.5. The second kappa shape index (κ2) is 4.37. The fourth-order valence-electron chi connectivity index (χ4n) is 2.61. The van der Waals surface area contributed by atoms with Gasteiger partial charge in [0.15, 0.2) is 0 Å². The summed E-state index contributed by atoms with van der Waals surface area (Å²) in [5.41, 5.74) is 2.23. The molecule has 4 rings (SSSR count). The molecule has 20 heavy (non-hydrogen) atoms. The molecule has 0 radical (unpaired) electrons. The molecule has 0 aliphatic heterocycles. The molecule has 0 spiro atoms. The molecule has 3 nitrogen and oxygen atoms in total. The molecule has 1 N–H and O–H groups in total. The van der Waals surface area contributed by atoms with Crippen molar-refractivity contribution < 1.29 is 0 Å². The van der Waals surface area contributed by atoms with E-state index in [1.54, 1.807) is 0 Å². The highest BCUT2D eigenvalue weighted by molar-refractivity contribution is 5.90. The maximum absolute atomic E-state index is 4.63. The Morgan fingerprint density at radius 1 is 1.10 bits per heavy atom. The predicted molar refractivity (Wildman–Crippen MR) is 82.5 cm³/mol. The minimum Gasteiger partial charge on any atom is -0.353 e. The summed E-state index contributed by atoms with van der Waals surface area (Å²) >= 11 is 0. The number of fused-ring (bicyclic) bond motifs is 1. The standard InChI is InChI=1S/C17H17N3/c1-12-11-20(17(18-12)19-14-9-10-14)16-8-4-6-13-5-2-3-7-15(13)16/h2-8,11,14H,9-10H2,1H3,(H,18,19). The molecule has 0 amide bonds. The van der Waals surface area contributed by atoms with Gasteiger partial charge in [0.2, 0.25) is 5.95 Å². The zero-order valence-corrected chi connectivity index (χ0v) is 11.5. The van der Waals surface area contributed by atoms with Gasteiger partial charge in [-0.3, -0.25) is 4.57 Å². The number of imidazole rings is 1. The second-order valence-electron chi connectivity index (χ2n) is 5.49. The van der Waals surface area contributed by atoms with E-state index in [0.29, 0.717) is 6.04 Å². The molecule has 1 aliphatic rings. The van der Waals surface area contributed by atoms with E-state index in [1.165, 1.54) is 29.3 Å². The van der Waals surface area contributed by atoms with Crippen LogP contribution >= 0.6 is 0 Å². The van der Waals surface area contributed by atoms with Crippen LogP contribution in [0.5, 0.6) is 0 Å². The third-order valence-corrected chi connectivity index (χ3v) is 3.76. The van der Waals surface area contributed by atoms with Gasteiger partial charge in [-0.25, -0.2) is 4.98 Å². The van der Waals surface area contributed by atoms with Crippen molar-refractivity contribution >= 4 is 16.7 Å². The highest BCUT2D eigenvalue weighted by atomic mass is 15.2. The van der Waals surface area contributed by atoms with E-state index in [1.807, 2.05) is 6.92 Å². The highest BCUT2D eigenvalue weighted by Gasteiger charge is 2.23. The van der Waals surface area contributed by atoms with Gasteiger partial charge in [-0.05, 0) is 31.2 Å². The summed E-state index contributed by atoms with van der Waals surface area (Å²) in [5, 5.41) is 6.03. The summed E-state index contributed by atoms with van der Waals surface area (Å²) in [6.45, 7) is 2.04. The molecule has 3 heteroatoms. The van der Waals surface area contributed by atoms with Crippen LogP contribution in [0.2, 0.25) is 0 Å². The van der Waals surface area contributed by atoms with Gasteiger partial charge < -0.3 is 5.32 Å². The van der Waals surface area contributed by atoms with Gasteiger partial charge in [0, 0.05) is 17.6 Å². The van der Waals surface area contributed by atoms with Gasteiger partial charge in [0.1, 0.15) is 0 Å². The van der Waals surface area contributed by atoms with Crippen LogP contribution in [0, 0.1) is 6.92 Å². The third kappa shape index (κ3) is 1.95. The molecular weight excluding hydrogens is 246 g/mol. The van der Waals surface area contributed by atoms with E-state index in [2.05, 4.69) is 63.5 Å². The Labute approximate surface area is 118 Å². The molecule has 1 aliphatic carbocycles. The van der Waals surface area contributed by atoms with Gasteiger partial charge >= 0.3 is 0 Å². The van der Waals surface area contributed by atoms with E-state index in [-0.39, 0.29) is 0 Å². The minimum atomic E-state index is 0.602. The van der Waals surface area contributed by atoms with Crippen molar-refractivity contribution in [3.8, 4) is 5.69 Å². The number of anilines is 1. The fraction of sp³-hybridized carbons (Fsp3) is 0.235. The quantitative estimate of drug-likeness (QED) is 0.776. The van der Waals surface area contributed by atoms with Crippen molar-refractivity contribution in [2.75, 3.05) is 5.32 Å². The number of nitrogens with one attached hydrogen (secondary N) is 1. The molecule has 0 bridgehead atoms. The first-order valence-electron chi connectivity index (χ1n) is 7.12. The number of hydrogen-bond acceptors (Lipinski definition) is 2. The van der Waals surface area contributed by atoms with Crippen molar-refractivity contribution in [3.63, 3.8) is 0 Å². The van der Waals surface area contributed by atoms with E-state index < -0.39 is 0 Å². The van der Waals surface area contributed by atoms with Crippen molar-refractivity contribution in [2.45, 2.75) is 25.8 Å². The monoisotopic (exact) mass is 263 g/mol. The fourth-order valence-corrected chi connectivity index (χ4v) is 2.61. The normalized spacial score (nSPS) is 14.7. The Hall–Kier alpha value is -2.29. The number of aryl methyl sites for hydroxylation is 1. The van der Waals surface area contributed by atoms with Gasteiger partial charge in [0.05, 0.1) is 11.4 Å². The van der Waals surface area contributed by atoms with Crippen molar-refractivity contribution in [1.82, 2.24) is 9.55 Å². The van der Waals surface area contributed by atoms with Crippen molar-refractivity contribution in [3.05, 3.63) is 54.4 Å². The van der Waals surface area contributed by atoms with Gasteiger partial charge in [-0.15, -0.1) is 0 Å². The minimum absolute atomic E-state index is 0.602. The first-order valence-corrected chi connectivity index (χ1v) is 7.12. The SMILES string of the molecule is Cc1cn(-c2cccc3ccccc23)c(NC2CC2)n1. The lowest BCUT2D eigenvalue weighted by Crippen LogP contribution is -2.07. The van der Waals surface area contributed by atoms with Crippen molar-refractivity contribution in [1.29, 1.82) is 0 Å². The molecule has 0 atom stereocenters. The van der Waals surface area contributed by atoms with E-state index >= 15 is 0 Å². The van der Waals surface area contributed by atoms with Gasteiger partial charge in [-0.1, -0.05) is 36.4 Å². The van der Waals surface area contributed by atoms with Crippen molar-refractivity contribution in [2.24, 2.45) is 0 Å². The number of nitrogens with zero attached hydrogens (tertiary/aromatic N) is 2. The zero-order valence-electron chi connectivity index (χ0n) is 11.5. The summed E-state index contributed by atoms with van der Waals surface area (Å²) in [6.07, 6.45) is 4.61. The average Bonchev–Trinajstić information content (AvgIpc) is 3.20. The summed E-state index contributed by atoms with van der Waals surface area (Å²) in [7, 11) is 0. The Kier molecular flexibility index (Phi) is 2.52. The van der Waals surface area contributed by atoms with Crippen LogP contribution in [-0.2, 0) is 0 Å². The first-order chi connectivity index (χ1) is 9.81. The van der Waals surface area contributed by atoms with Crippen LogP contribution in [-0.4, -0.2) is 15.6 Å². The number of benzene rings is 2. The topological polar surface area (TPSA) is 29.9 Å². The van der Waals surface area contributed by atoms with E-state index in [9.17, 15) is 0 Å². The number of hydrogen-bond donors (Lipinski definition) is 1. The third-order valence-electron chi connectivity index (χ3n) is 3.76. The predicted octanol–water partition coefficient (Wildman–Crippen LogP) is 3.91. The van der Waals surface area contributed by atoms with E-state index in [0.717, 1.165) is 11.6 Å². The molecule has 1 fully saturated rings.